The van der Waals surface area contributed by atoms with Crippen LogP contribution in [0.1, 0.15) is 24.5 Å². The van der Waals surface area contributed by atoms with Gasteiger partial charge in [-0.15, -0.1) is 0 Å². The summed E-state index contributed by atoms with van der Waals surface area (Å²) in [5.74, 6) is -0.836. The molecule has 0 atom stereocenters. The third-order valence-electron chi connectivity index (χ3n) is 4.35. The Morgan fingerprint density at radius 3 is 2.55 bits per heavy atom. The number of nitrogens with zero attached hydrogens (tertiary/aromatic N) is 2. The van der Waals surface area contributed by atoms with E-state index in [1.807, 2.05) is 0 Å². The number of nitrogens with one attached hydrogen (secondary N) is 1. The van der Waals surface area contributed by atoms with Gasteiger partial charge in [-0.3, -0.25) is 4.79 Å². The highest BCUT2D eigenvalue weighted by molar-refractivity contribution is 5.71. The van der Waals surface area contributed by atoms with E-state index in [1.165, 1.54) is 17.0 Å². The van der Waals surface area contributed by atoms with Crippen LogP contribution in [-0.4, -0.2) is 19.1 Å². The molecule has 0 aliphatic carbocycles. The number of esters is 1. The number of carbonyl (C=O) groups is 1. The van der Waals surface area contributed by atoms with Crippen LogP contribution >= 0.6 is 0 Å². The summed E-state index contributed by atoms with van der Waals surface area (Å²) in [6, 6.07) is 7.57. The summed E-state index contributed by atoms with van der Waals surface area (Å²) in [5, 5.41) is 2.75. The summed E-state index contributed by atoms with van der Waals surface area (Å²) in [6.07, 6.45) is -4.75. The fourth-order valence-electron chi connectivity index (χ4n) is 2.78. The lowest BCUT2D eigenvalue weighted by molar-refractivity contribution is -0.142. The second kappa shape index (κ2) is 9.98. The van der Waals surface area contributed by atoms with Gasteiger partial charge < -0.3 is 15.0 Å². The maximum absolute atomic E-state index is 14.1. The first-order chi connectivity index (χ1) is 14.6. The molecule has 0 amide bonds. The summed E-state index contributed by atoms with van der Waals surface area (Å²) in [6.45, 7) is 14.3. The molecule has 0 heterocycles. The van der Waals surface area contributed by atoms with E-state index in [4.69, 9.17) is 11.3 Å². The fourth-order valence-corrected chi connectivity index (χ4v) is 2.78. The first kappa shape index (κ1) is 23.7. The van der Waals surface area contributed by atoms with E-state index in [-0.39, 0.29) is 31.1 Å². The van der Waals surface area contributed by atoms with E-state index < -0.39 is 29.2 Å². The molecule has 1 N–H and O–H groups in total. The number of carbonyl (C=O) groups excluding carboxylic acids is 1. The molecule has 0 fully saturated rings. The van der Waals surface area contributed by atoms with Gasteiger partial charge in [0.25, 0.3) is 0 Å². The van der Waals surface area contributed by atoms with Crippen molar-refractivity contribution in [2.24, 2.45) is 0 Å². The third kappa shape index (κ3) is 6.22. The second-order valence-corrected chi connectivity index (χ2v) is 6.55. The van der Waals surface area contributed by atoms with Crippen LogP contribution in [0.4, 0.5) is 34.6 Å². The minimum atomic E-state index is -4.71. The third-order valence-corrected chi connectivity index (χ3v) is 4.35. The van der Waals surface area contributed by atoms with Crippen LogP contribution in [-0.2, 0) is 15.7 Å². The quantitative estimate of drug-likeness (QED) is 0.312. The molecule has 0 aromatic heterocycles. The zero-order valence-electron chi connectivity index (χ0n) is 17.0. The van der Waals surface area contributed by atoms with E-state index >= 15 is 0 Å². The summed E-state index contributed by atoms with van der Waals surface area (Å²) >= 11 is 0. The van der Waals surface area contributed by atoms with Crippen LogP contribution in [0.15, 0.2) is 48.8 Å². The number of anilines is 2. The molecule has 164 valence electrons. The summed E-state index contributed by atoms with van der Waals surface area (Å²) in [7, 11) is 0. The SMILES string of the molecule is [C-]#[N+]c1ccc(NC(=C)N(CCC(=O)OCC)c2ccc(C)c(F)c2)cc1C(F)(F)F. The Balaban J connectivity index is 2.33. The van der Waals surface area contributed by atoms with E-state index in [2.05, 4.69) is 16.7 Å². The number of alkyl halides is 3. The largest absolute Gasteiger partial charge is 0.466 e. The van der Waals surface area contributed by atoms with Crippen molar-refractivity contribution in [3.8, 4) is 0 Å². The van der Waals surface area contributed by atoms with Crippen molar-refractivity contribution in [3.05, 3.63) is 77.2 Å². The molecule has 2 aromatic rings. The molecule has 0 aliphatic rings. The first-order valence-corrected chi connectivity index (χ1v) is 9.30. The van der Waals surface area contributed by atoms with Gasteiger partial charge >= 0.3 is 12.1 Å². The zero-order chi connectivity index (χ0) is 23.2. The lowest BCUT2D eigenvalue weighted by atomic mass is 10.1. The van der Waals surface area contributed by atoms with E-state index in [0.717, 1.165) is 12.1 Å². The van der Waals surface area contributed by atoms with Gasteiger partial charge in [0, 0.05) is 17.9 Å². The van der Waals surface area contributed by atoms with Gasteiger partial charge in [0.1, 0.15) is 11.6 Å². The van der Waals surface area contributed by atoms with Gasteiger partial charge in [0.05, 0.1) is 25.2 Å². The first-order valence-electron chi connectivity index (χ1n) is 9.30. The number of hydrogen-bond donors (Lipinski definition) is 1. The van der Waals surface area contributed by atoms with Gasteiger partial charge in [0.15, 0.2) is 5.69 Å². The molecule has 0 bridgehead atoms. The molecule has 5 nitrogen and oxygen atoms in total. The maximum atomic E-state index is 14.1. The van der Waals surface area contributed by atoms with Crippen LogP contribution in [0.3, 0.4) is 0 Å². The van der Waals surface area contributed by atoms with Crippen molar-refractivity contribution in [1.82, 2.24) is 0 Å². The topological polar surface area (TPSA) is 45.9 Å². The second-order valence-electron chi connectivity index (χ2n) is 6.55. The highest BCUT2D eigenvalue weighted by Crippen LogP contribution is 2.38. The van der Waals surface area contributed by atoms with Crippen LogP contribution in [0.2, 0.25) is 0 Å². The normalized spacial score (nSPS) is 10.9. The van der Waals surface area contributed by atoms with Gasteiger partial charge in [-0.2, -0.15) is 13.2 Å². The molecule has 0 saturated heterocycles. The number of aryl methyl sites for hydroxylation is 1. The molecule has 0 saturated carbocycles. The van der Waals surface area contributed by atoms with E-state index in [1.54, 1.807) is 26.0 Å². The molecule has 2 rings (SSSR count). The predicted molar refractivity (Wildman–Crippen MR) is 110 cm³/mol. The Morgan fingerprint density at radius 1 is 1.26 bits per heavy atom. The lowest BCUT2D eigenvalue weighted by Crippen LogP contribution is -2.29. The van der Waals surface area contributed by atoms with Crippen molar-refractivity contribution < 1.29 is 27.1 Å². The number of hydrogen-bond acceptors (Lipinski definition) is 4. The fraction of sp³-hybridized carbons (Fsp3) is 0.273. The number of benzene rings is 2. The van der Waals surface area contributed by atoms with Gasteiger partial charge in [-0.05, 0) is 43.7 Å². The Hall–Kier alpha value is -3.54. The molecule has 9 heteroatoms. The maximum Gasteiger partial charge on any atom is 0.407 e. The number of ether oxygens (including phenoxy) is 1. The summed E-state index contributed by atoms with van der Waals surface area (Å²) in [4.78, 5) is 16.1. The Kier molecular flexibility index (Phi) is 7.64. The van der Waals surface area contributed by atoms with Gasteiger partial charge in [0.2, 0.25) is 0 Å². The van der Waals surface area contributed by atoms with Crippen LogP contribution in [0, 0.1) is 19.3 Å². The highest BCUT2D eigenvalue weighted by atomic mass is 19.4. The van der Waals surface area contributed by atoms with Crippen molar-refractivity contribution in [2.75, 3.05) is 23.4 Å². The van der Waals surface area contributed by atoms with Gasteiger partial charge in [-0.1, -0.05) is 18.7 Å². The molecule has 0 aliphatic heterocycles. The van der Waals surface area contributed by atoms with E-state index in [9.17, 15) is 22.4 Å². The monoisotopic (exact) mass is 435 g/mol. The van der Waals surface area contributed by atoms with E-state index in [0.29, 0.717) is 11.3 Å². The average molecular weight is 435 g/mol. The Morgan fingerprint density at radius 2 is 1.97 bits per heavy atom. The molecule has 0 unspecified atom stereocenters. The van der Waals surface area contributed by atoms with Crippen LogP contribution in [0.25, 0.3) is 4.85 Å². The minimum absolute atomic E-state index is 0.0402. The minimum Gasteiger partial charge on any atom is -0.466 e. The predicted octanol–water partition coefficient (Wildman–Crippen LogP) is 6.05. The van der Waals surface area contributed by atoms with Crippen molar-refractivity contribution in [3.63, 3.8) is 0 Å². The van der Waals surface area contributed by atoms with Crippen molar-refractivity contribution in [1.29, 1.82) is 0 Å². The summed E-state index contributed by atoms with van der Waals surface area (Å²) in [5.41, 5.74) is -0.794. The molecular weight excluding hydrogens is 414 g/mol. The van der Waals surface area contributed by atoms with Crippen molar-refractivity contribution in [2.45, 2.75) is 26.4 Å². The lowest BCUT2D eigenvalue weighted by Gasteiger charge is -2.28. The molecule has 2 aromatic carbocycles. The number of rotatable bonds is 8. The Labute approximate surface area is 177 Å². The van der Waals surface area contributed by atoms with Crippen LogP contribution < -0.4 is 10.2 Å². The smallest absolute Gasteiger partial charge is 0.407 e. The standard InChI is InChI=1S/C22H21F4N3O2/c1-5-31-21(30)10-11-29(17-8-6-14(2)19(23)13-17)15(3)28-16-7-9-20(27-4)18(12-16)22(24,25)26/h6-9,12-13,28H,3,5,10-11H2,1-2H3. The molecule has 31 heavy (non-hydrogen) atoms. The van der Waals surface area contributed by atoms with Crippen molar-refractivity contribution >= 4 is 23.0 Å². The van der Waals surface area contributed by atoms with Crippen LogP contribution in [0.5, 0.6) is 0 Å². The highest BCUT2D eigenvalue weighted by Gasteiger charge is 2.33. The number of halogens is 4. The summed E-state index contributed by atoms with van der Waals surface area (Å²) < 4.78 is 58.7. The molecular formula is C22H21F4N3O2. The average Bonchev–Trinajstić information content (AvgIpc) is 2.70. The Bertz CT molecular complexity index is 1010. The molecule has 0 radical (unpaired) electrons. The zero-order valence-corrected chi connectivity index (χ0v) is 17.0. The molecule has 0 spiro atoms. The van der Waals surface area contributed by atoms with Gasteiger partial charge in [-0.25, -0.2) is 9.24 Å².